The Morgan fingerprint density at radius 3 is 2.35 bits per heavy atom. The van der Waals surface area contributed by atoms with E-state index < -0.39 is 22.5 Å². The summed E-state index contributed by atoms with van der Waals surface area (Å²) < 4.78 is 5.58. The summed E-state index contributed by atoms with van der Waals surface area (Å²) in [6.07, 6.45) is 2.12. The first kappa shape index (κ1) is 15.3. The maximum Gasteiger partial charge on any atom is 0.329 e. The van der Waals surface area contributed by atoms with E-state index in [1.54, 1.807) is 0 Å². The Bertz CT molecular complexity index is 431. The first-order valence-corrected chi connectivity index (χ1v) is 7.16. The zero-order valence-corrected chi connectivity index (χ0v) is 12.4. The van der Waals surface area contributed by atoms with E-state index in [4.69, 9.17) is 10.5 Å². The van der Waals surface area contributed by atoms with Crippen LogP contribution in [0.3, 0.4) is 0 Å². The largest absolute Gasteiger partial charge is 0.480 e. The Morgan fingerprint density at radius 2 is 2.00 bits per heavy atom. The van der Waals surface area contributed by atoms with Crippen LogP contribution >= 0.6 is 0 Å². The molecule has 0 aliphatic heterocycles. The third-order valence-electron chi connectivity index (χ3n) is 5.20. The number of nitrogens with two attached hydrogens (primary N) is 1. The third kappa shape index (κ3) is 1.93. The highest BCUT2D eigenvalue weighted by Crippen LogP contribution is 2.50. The van der Waals surface area contributed by atoms with Crippen LogP contribution in [0.25, 0.3) is 0 Å². The third-order valence-corrected chi connectivity index (χ3v) is 5.20. The maximum absolute atomic E-state index is 12.5. The molecule has 2 unspecified atom stereocenters. The van der Waals surface area contributed by atoms with Crippen molar-refractivity contribution in [2.75, 3.05) is 6.61 Å². The van der Waals surface area contributed by atoms with Gasteiger partial charge in [0.25, 0.3) is 0 Å². The lowest BCUT2D eigenvalue weighted by atomic mass is 9.54. The predicted octanol–water partition coefficient (Wildman–Crippen LogP) is 0.642. The lowest BCUT2D eigenvalue weighted by molar-refractivity contribution is -0.175. The molecule has 0 heterocycles. The van der Waals surface area contributed by atoms with Crippen LogP contribution in [0.5, 0.6) is 0 Å². The molecule has 4 N–H and O–H groups in total. The van der Waals surface area contributed by atoms with E-state index >= 15 is 0 Å². The van der Waals surface area contributed by atoms with Crippen LogP contribution in [-0.4, -0.2) is 40.8 Å². The van der Waals surface area contributed by atoms with Crippen LogP contribution in [0.1, 0.15) is 46.5 Å². The second kappa shape index (κ2) is 4.70. The molecule has 6 nitrogen and oxygen atoms in total. The molecule has 2 aliphatic carbocycles. The van der Waals surface area contributed by atoms with Crippen molar-refractivity contribution in [2.24, 2.45) is 11.1 Å². The Morgan fingerprint density at radius 1 is 1.40 bits per heavy atom. The molecule has 0 aromatic carbocycles. The van der Waals surface area contributed by atoms with Crippen molar-refractivity contribution in [3.8, 4) is 0 Å². The maximum atomic E-state index is 12.5. The number of hydrogen-bond acceptors (Lipinski definition) is 4. The monoisotopic (exact) mass is 284 g/mol. The lowest BCUT2D eigenvalue weighted by Crippen LogP contribution is -2.78. The van der Waals surface area contributed by atoms with Gasteiger partial charge in [0.05, 0.1) is 6.10 Å². The Balaban J connectivity index is 2.08. The van der Waals surface area contributed by atoms with Gasteiger partial charge in [0, 0.05) is 18.4 Å². The summed E-state index contributed by atoms with van der Waals surface area (Å²) in [5.74, 6) is -1.35. The molecule has 2 rings (SSSR count). The van der Waals surface area contributed by atoms with Crippen LogP contribution in [0.4, 0.5) is 0 Å². The molecule has 2 aliphatic rings. The van der Waals surface area contributed by atoms with Gasteiger partial charge in [-0.25, -0.2) is 4.79 Å². The average Bonchev–Trinajstić information content (AvgIpc) is 2.32. The topological polar surface area (TPSA) is 102 Å². The van der Waals surface area contributed by atoms with Crippen molar-refractivity contribution in [1.82, 2.24) is 5.32 Å². The summed E-state index contributed by atoms with van der Waals surface area (Å²) in [6.45, 7) is 6.26. The van der Waals surface area contributed by atoms with Gasteiger partial charge in [-0.05, 0) is 26.2 Å². The zero-order valence-electron chi connectivity index (χ0n) is 12.4. The van der Waals surface area contributed by atoms with Crippen molar-refractivity contribution < 1.29 is 19.4 Å². The average molecular weight is 284 g/mol. The number of nitrogens with one attached hydrogen (secondary N) is 1. The molecular weight excluding hydrogens is 260 g/mol. The van der Waals surface area contributed by atoms with Crippen LogP contribution in [0.15, 0.2) is 0 Å². The number of carboxylic acid groups (broad SMARTS) is 1. The van der Waals surface area contributed by atoms with Crippen molar-refractivity contribution in [3.05, 3.63) is 0 Å². The second-order valence-electron chi connectivity index (χ2n) is 6.54. The highest BCUT2D eigenvalue weighted by Gasteiger charge is 2.64. The van der Waals surface area contributed by atoms with Gasteiger partial charge in [0.1, 0.15) is 11.1 Å². The van der Waals surface area contributed by atoms with Gasteiger partial charge in [-0.3, -0.25) is 4.79 Å². The highest BCUT2D eigenvalue weighted by atomic mass is 16.5. The van der Waals surface area contributed by atoms with Crippen molar-refractivity contribution in [2.45, 2.75) is 63.6 Å². The Labute approximate surface area is 119 Å². The van der Waals surface area contributed by atoms with E-state index in [1.165, 1.54) is 0 Å². The second-order valence-corrected chi connectivity index (χ2v) is 6.54. The summed E-state index contributed by atoms with van der Waals surface area (Å²) >= 11 is 0. The van der Waals surface area contributed by atoms with Crippen LogP contribution in [0.2, 0.25) is 0 Å². The van der Waals surface area contributed by atoms with Gasteiger partial charge >= 0.3 is 5.97 Å². The lowest BCUT2D eigenvalue weighted by Gasteiger charge is -2.58. The van der Waals surface area contributed by atoms with E-state index in [0.29, 0.717) is 25.9 Å². The molecule has 1 amide bonds. The number of hydrogen-bond donors (Lipinski definition) is 3. The Kier molecular flexibility index (Phi) is 3.59. The highest BCUT2D eigenvalue weighted by molar-refractivity contribution is 5.94. The fourth-order valence-electron chi connectivity index (χ4n) is 3.07. The summed E-state index contributed by atoms with van der Waals surface area (Å²) in [6, 6.07) is 0. The molecule has 20 heavy (non-hydrogen) atoms. The molecule has 0 bridgehead atoms. The number of aliphatic carboxylic acids is 1. The van der Waals surface area contributed by atoms with Crippen molar-refractivity contribution >= 4 is 11.9 Å². The van der Waals surface area contributed by atoms with Gasteiger partial charge in [-0.2, -0.15) is 0 Å². The predicted molar refractivity (Wildman–Crippen MR) is 73.1 cm³/mol. The molecule has 2 atom stereocenters. The molecule has 6 heteroatoms. The molecule has 0 radical (unpaired) electrons. The SMILES string of the molecule is CCOC1CC(N)(C(=O)NC2(C(=O)O)CCC2)C1(C)C. The summed E-state index contributed by atoms with van der Waals surface area (Å²) in [5.41, 5.74) is 3.56. The zero-order chi connectivity index (χ0) is 15.2. The van der Waals surface area contributed by atoms with Gasteiger partial charge in [0.15, 0.2) is 0 Å². The number of carbonyl (C=O) groups excluding carboxylic acids is 1. The smallest absolute Gasteiger partial charge is 0.329 e. The van der Waals surface area contributed by atoms with Crippen LogP contribution in [-0.2, 0) is 14.3 Å². The summed E-state index contributed by atoms with van der Waals surface area (Å²) in [5, 5.41) is 11.9. The minimum Gasteiger partial charge on any atom is -0.480 e. The van der Waals surface area contributed by atoms with E-state index in [9.17, 15) is 14.7 Å². The number of carbonyl (C=O) groups is 2. The summed E-state index contributed by atoms with van der Waals surface area (Å²) in [4.78, 5) is 23.8. The fraction of sp³-hybridized carbons (Fsp3) is 0.857. The number of rotatable bonds is 5. The molecule has 2 fully saturated rings. The first-order valence-electron chi connectivity index (χ1n) is 7.16. The summed E-state index contributed by atoms with van der Waals surface area (Å²) in [7, 11) is 0. The molecule has 0 aromatic heterocycles. The standard InChI is InChI=1S/C14H24N2O4/c1-4-20-9-8-14(15,12(9,2)3)10(17)16-13(11(18)19)6-5-7-13/h9H,4-8,15H2,1-3H3,(H,16,17)(H,18,19). The number of ether oxygens (including phenoxy) is 1. The van der Waals surface area contributed by atoms with Crippen molar-refractivity contribution in [1.29, 1.82) is 0 Å². The van der Waals surface area contributed by atoms with Gasteiger partial charge in [-0.15, -0.1) is 0 Å². The normalized spacial score (nSPS) is 33.7. The first-order chi connectivity index (χ1) is 9.19. The van der Waals surface area contributed by atoms with E-state index in [0.717, 1.165) is 6.42 Å². The molecule has 2 saturated carbocycles. The van der Waals surface area contributed by atoms with Crippen LogP contribution in [0, 0.1) is 5.41 Å². The van der Waals surface area contributed by atoms with Crippen molar-refractivity contribution in [3.63, 3.8) is 0 Å². The molecule has 0 saturated heterocycles. The number of amides is 1. The Hall–Kier alpha value is -1.14. The van der Waals surface area contributed by atoms with Gasteiger partial charge in [0.2, 0.25) is 5.91 Å². The van der Waals surface area contributed by atoms with Crippen LogP contribution < -0.4 is 11.1 Å². The quantitative estimate of drug-likeness (QED) is 0.687. The minimum atomic E-state index is -1.11. The fourth-order valence-corrected chi connectivity index (χ4v) is 3.07. The van der Waals surface area contributed by atoms with E-state index in [1.807, 2.05) is 20.8 Å². The molecular formula is C14H24N2O4. The number of carboxylic acids is 1. The molecule has 0 aromatic rings. The molecule has 0 spiro atoms. The van der Waals surface area contributed by atoms with E-state index in [-0.39, 0.29) is 12.0 Å². The minimum absolute atomic E-state index is 0.0644. The van der Waals surface area contributed by atoms with Gasteiger partial charge in [-0.1, -0.05) is 13.8 Å². The molecule has 114 valence electrons. The van der Waals surface area contributed by atoms with Gasteiger partial charge < -0.3 is 20.9 Å². The van der Waals surface area contributed by atoms with E-state index in [2.05, 4.69) is 5.32 Å².